The third-order valence-electron chi connectivity index (χ3n) is 1.81. The van der Waals surface area contributed by atoms with E-state index in [-0.39, 0.29) is 50.9 Å². The SMILES string of the molecule is CC(C)(C)C(=[OH+])/C=C(\O)C(C)(C)C.CC(C)O.[Nb]. The number of hydrogen-bond acceptors (Lipinski definition) is 2. The molecule has 0 atom stereocenters. The van der Waals surface area contributed by atoms with Gasteiger partial charge in [-0.2, -0.15) is 0 Å². The van der Waals surface area contributed by atoms with Crippen LogP contribution in [0, 0.1) is 10.8 Å². The van der Waals surface area contributed by atoms with Gasteiger partial charge in [-0.05, 0) is 34.6 Å². The van der Waals surface area contributed by atoms with Crippen LogP contribution in [0.5, 0.6) is 0 Å². The third-order valence-corrected chi connectivity index (χ3v) is 1.81. The van der Waals surface area contributed by atoms with Crippen molar-refractivity contribution >= 4 is 5.78 Å². The summed E-state index contributed by atoms with van der Waals surface area (Å²) in [6, 6.07) is 0. The first kappa shape index (κ1) is 23.0. The van der Waals surface area contributed by atoms with Gasteiger partial charge < -0.3 is 10.2 Å². The Labute approximate surface area is 127 Å². The molecule has 0 aliphatic heterocycles. The molecule has 4 heteroatoms. The molecule has 0 amide bonds. The number of ketones is 1. The summed E-state index contributed by atoms with van der Waals surface area (Å²) in [5.41, 5.74) is -0.613. The van der Waals surface area contributed by atoms with Crippen molar-refractivity contribution in [3.8, 4) is 0 Å². The van der Waals surface area contributed by atoms with E-state index in [0.717, 1.165) is 0 Å². The molecule has 107 valence electrons. The fourth-order valence-electron chi connectivity index (χ4n) is 0.563. The van der Waals surface area contributed by atoms with Crippen LogP contribution >= 0.6 is 0 Å². The largest absolute Gasteiger partial charge is 0.511 e. The molecule has 0 saturated carbocycles. The van der Waals surface area contributed by atoms with Crippen molar-refractivity contribution in [2.75, 3.05) is 0 Å². The molecule has 0 aliphatic rings. The van der Waals surface area contributed by atoms with Crippen molar-refractivity contribution < 1.29 is 37.4 Å². The first-order chi connectivity index (χ1) is 7.28. The molecule has 3 N–H and O–H groups in total. The summed E-state index contributed by atoms with van der Waals surface area (Å²) >= 11 is 0. The number of aliphatic hydroxyl groups excluding tert-OH is 2. The molecule has 18 heavy (non-hydrogen) atoms. The molecule has 0 aromatic heterocycles. The van der Waals surface area contributed by atoms with E-state index < -0.39 is 0 Å². The first-order valence-electron chi connectivity index (χ1n) is 5.94. The molecule has 0 saturated heterocycles. The molecule has 1 radical (unpaired) electrons. The Hall–Kier alpha value is -0.0897. The van der Waals surface area contributed by atoms with Crippen LogP contribution in [-0.2, 0) is 22.4 Å². The Bertz CT molecular complexity index is 265. The summed E-state index contributed by atoms with van der Waals surface area (Å²) in [5.74, 6) is 0.417. The smallest absolute Gasteiger partial charge is 0.325 e. The van der Waals surface area contributed by atoms with Gasteiger partial charge in [0, 0.05) is 33.9 Å². The van der Waals surface area contributed by atoms with Crippen molar-refractivity contribution in [3.63, 3.8) is 0 Å². The summed E-state index contributed by atoms with van der Waals surface area (Å²) in [4.78, 5) is 9.60. The van der Waals surface area contributed by atoms with Gasteiger partial charge in [0.05, 0.1) is 11.5 Å². The molecule has 0 bridgehead atoms. The van der Waals surface area contributed by atoms with Gasteiger partial charge in [0.25, 0.3) is 0 Å². The van der Waals surface area contributed by atoms with Crippen LogP contribution in [0.1, 0.15) is 55.4 Å². The van der Waals surface area contributed by atoms with Crippen LogP contribution in [0.15, 0.2) is 11.8 Å². The van der Waals surface area contributed by atoms with E-state index in [1.807, 2.05) is 41.5 Å². The van der Waals surface area contributed by atoms with Crippen molar-refractivity contribution in [1.82, 2.24) is 0 Å². The Kier molecular flexibility index (Phi) is 11.4. The topological polar surface area (TPSA) is 61.9 Å². The summed E-state index contributed by atoms with van der Waals surface area (Å²) in [6.07, 6.45) is 1.28. The van der Waals surface area contributed by atoms with Gasteiger partial charge in [0.15, 0.2) is 0 Å². The van der Waals surface area contributed by atoms with Gasteiger partial charge in [0.2, 0.25) is 0 Å². The van der Waals surface area contributed by atoms with Crippen LogP contribution in [0.25, 0.3) is 0 Å². The standard InChI is InChI=1S/C11H20O2.C3H8O.Nb/c1-10(2,3)8(12)7-9(13)11(4,5)6;1-3(2)4;/h7,12H,1-6H3;3-4H,1-2H3;/p+1/b8-7-;;. The number of rotatable bonds is 1. The molecule has 0 aromatic rings. The molecular weight excluding hydrogens is 309 g/mol. The van der Waals surface area contributed by atoms with Gasteiger partial charge in [-0.15, -0.1) is 0 Å². The van der Waals surface area contributed by atoms with Gasteiger partial charge in [-0.1, -0.05) is 20.8 Å². The first-order valence-corrected chi connectivity index (χ1v) is 5.94. The van der Waals surface area contributed by atoms with E-state index in [1.165, 1.54) is 6.08 Å². The number of aliphatic hydroxyl groups is 2. The molecular formula is C14H29NbO3+. The number of carbonyl (C=O) groups excluding carboxylic acids is 1. The van der Waals surface area contributed by atoms with Crippen LogP contribution in [0.2, 0.25) is 0 Å². The molecule has 0 unspecified atom stereocenters. The minimum Gasteiger partial charge on any atom is -0.511 e. The maximum atomic E-state index is 9.60. The minimum absolute atomic E-state index is 0. The van der Waals surface area contributed by atoms with Gasteiger partial charge in [-0.25, -0.2) is 0 Å². The fourth-order valence-corrected chi connectivity index (χ4v) is 0.563. The summed E-state index contributed by atoms with van der Waals surface area (Å²) in [6.45, 7) is 14.8. The van der Waals surface area contributed by atoms with Crippen LogP contribution in [0.3, 0.4) is 0 Å². The second-order valence-corrected chi connectivity index (χ2v) is 6.51. The zero-order valence-corrected chi connectivity index (χ0v) is 15.1. The maximum Gasteiger partial charge on any atom is 0.325 e. The average molecular weight is 338 g/mol. The minimum atomic E-state index is -0.306. The van der Waals surface area contributed by atoms with Crippen LogP contribution in [0.4, 0.5) is 0 Å². The van der Waals surface area contributed by atoms with Gasteiger partial charge in [0.1, 0.15) is 5.76 Å². The predicted octanol–water partition coefficient (Wildman–Crippen LogP) is 3.45. The normalized spacial score (nSPS) is 12.4. The summed E-state index contributed by atoms with van der Waals surface area (Å²) < 4.78 is 0. The maximum absolute atomic E-state index is 9.60. The van der Waals surface area contributed by atoms with E-state index in [2.05, 4.69) is 0 Å². The molecule has 0 heterocycles. The van der Waals surface area contributed by atoms with E-state index in [1.54, 1.807) is 13.8 Å². The second kappa shape index (κ2) is 8.92. The Morgan fingerprint density at radius 2 is 1.28 bits per heavy atom. The molecule has 0 rings (SSSR count). The van der Waals surface area contributed by atoms with E-state index in [9.17, 15) is 9.90 Å². The van der Waals surface area contributed by atoms with Gasteiger partial charge >= 0.3 is 5.78 Å². The molecule has 0 fully saturated rings. The summed E-state index contributed by atoms with van der Waals surface area (Å²) in [5, 5.41) is 17.7. The van der Waals surface area contributed by atoms with Crippen molar-refractivity contribution in [2.24, 2.45) is 10.8 Å². The Morgan fingerprint density at radius 3 is 1.44 bits per heavy atom. The average Bonchev–Trinajstić information content (AvgIpc) is 1.98. The van der Waals surface area contributed by atoms with Gasteiger partial charge in [-0.3, -0.25) is 4.79 Å². The molecule has 0 aliphatic carbocycles. The third kappa shape index (κ3) is 14.0. The van der Waals surface area contributed by atoms with Crippen LogP contribution in [-0.4, -0.2) is 26.9 Å². The van der Waals surface area contributed by atoms with Crippen LogP contribution < -0.4 is 0 Å². The fraction of sp³-hybridized carbons (Fsp3) is 0.786. The zero-order valence-electron chi connectivity index (χ0n) is 12.9. The van der Waals surface area contributed by atoms with E-state index in [0.29, 0.717) is 0 Å². The molecule has 0 spiro atoms. The Morgan fingerprint density at radius 1 is 1.00 bits per heavy atom. The Balaban J connectivity index is -0.000000392. The monoisotopic (exact) mass is 338 g/mol. The predicted molar refractivity (Wildman–Crippen MR) is 73.9 cm³/mol. The zero-order chi connectivity index (χ0) is 14.4. The van der Waals surface area contributed by atoms with Crippen molar-refractivity contribution in [3.05, 3.63) is 11.8 Å². The van der Waals surface area contributed by atoms with Crippen molar-refractivity contribution in [2.45, 2.75) is 61.5 Å². The number of hydrogen-bond donors (Lipinski definition) is 2. The molecule has 3 nitrogen and oxygen atoms in total. The number of allylic oxidation sites excluding steroid dienone is 2. The van der Waals surface area contributed by atoms with Crippen molar-refractivity contribution in [1.29, 1.82) is 0 Å². The van der Waals surface area contributed by atoms with E-state index in [4.69, 9.17) is 5.11 Å². The summed E-state index contributed by atoms with van der Waals surface area (Å²) in [7, 11) is 0. The second-order valence-electron chi connectivity index (χ2n) is 6.51. The van der Waals surface area contributed by atoms with E-state index >= 15 is 0 Å². The molecule has 0 aromatic carbocycles. The quantitative estimate of drug-likeness (QED) is 0.333.